The molecule has 0 saturated carbocycles. The average Bonchev–Trinajstić information content (AvgIpc) is 2.28. The van der Waals surface area contributed by atoms with Crippen molar-refractivity contribution >= 4 is 12.6 Å². The van der Waals surface area contributed by atoms with Crippen LogP contribution < -0.4 is 57.0 Å². The fourth-order valence-electron chi connectivity index (χ4n) is 1.28. The summed E-state index contributed by atoms with van der Waals surface area (Å²) in [5, 5.41) is 3.69. The van der Waals surface area contributed by atoms with Crippen molar-refractivity contribution < 1.29 is 64.3 Å². The molecule has 2 nitrogen and oxygen atoms in total. The molecule has 74 valence electrons. The van der Waals surface area contributed by atoms with Gasteiger partial charge in [-0.1, -0.05) is 0 Å². The van der Waals surface area contributed by atoms with Gasteiger partial charge in [-0.2, -0.15) is 5.10 Å². The van der Waals surface area contributed by atoms with Crippen molar-refractivity contribution in [3.63, 3.8) is 0 Å². The predicted molar refractivity (Wildman–Crippen MR) is 46.1 cm³/mol. The molecule has 0 atom stereocenters. The molecule has 7 heteroatoms. The number of nitrogens with zero attached hydrogens (tertiary/aromatic N) is 2. The largest absolute Gasteiger partial charge is 1.00 e. The number of aromatic nitrogens is 2. The summed E-state index contributed by atoms with van der Waals surface area (Å²) in [4.78, 5) is 0. The first-order chi connectivity index (χ1) is 5.84. The molecule has 0 radical (unpaired) electrons. The minimum Gasteiger partial charge on any atom is -0.444 e. The van der Waals surface area contributed by atoms with Gasteiger partial charge in [-0.15, -0.1) is 0 Å². The molecule has 0 aromatic carbocycles. The molecule has 0 aliphatic heterocycles. The van der Waals surface area contributed by atoms with Gasteiger partial charge in [0.05, 0.1) is 0 Å². The van der Waals surface area contributed by atoms with E-state index in [9.17, 15) is 12.9 Å². The second kappa shape index (κ2) is 5.16. The van der Waals surface area contributed by atoms with Gasteiger partial charge in [0.15, 0.2) is 0 Å². The van der Waals surface area contributed by atoms with E-state index in [1.165, 1.54) is 13.1 Å². The van der Waals surface area contributed by atoms with E-state index in [4.69, 9.17) is 0 Å². The molecule has 1 rings (SSSR count). The van der Waals surface area contributed by atoms with E-state index in [2.05, 4.69) is 5.10 Å². The molecule has 14 heavy (non-hydrogen) atoms. The maximum atomic E-state index is 12.5. The summed E-state index contributed by atoms with van der Waals surface area (Å²) in [6, 6.07) is -0.257. The van der Waals surface area contributed by atoms with Crippen molar-refractivity contribution in [2.45, 2.75) is 26.8 Å². The van der Waals surface area contributed by atoms with Crippen LogP contribution in [0.3, 0.4) is 0 Å². The normalized spacial score (nSPS) is 11.6. The number of aryl methyl sites for hydroxylation is 1. The molecular formula is C7H11BF3KN2. The molecule has 0 N–H and O–H groups in total. The van der Waals surface area contributed by atoms with Crippen LogP contribution in [0.1, 0.15) is 25.5 Å². The molecule has 0 unspecified atom stereocenters. The van der Waals surface area contributed by atoms with Gasteiger partial charge in [0, 0.05) is 12.2 Å². The maximum Gasteiger partial charge on any atom is 1.00 e. The van der Waals surface area contributed by atoms with Gasteiger partial charge in [0.25, 0.3) is 0 Å². The van der Waals surface area contributed by atoms with Gasteiger partial charge in [0.2, 0.25) is 0 Å². The molecule has 1 heterocycles. The van der Waals surface area contributed by atoms with E-state index in [1.54, 1.807) is 13.8 Å². The number of rotatable bonds is 2. The summed E-state index contributed by atoms with van der Waals surface area (Å²) in [5.74, 6) is 0. The maximum absolute atomic E-state index is 12.5. The molecule has 1 aromatic heterocycles. The van der Waals surface area contributed by atoms with Gasteiger partial charge < -0.3 is 12.9 Å². The Labute approximate surface area is 124 Å². The Kier molecular flexibility index (Phi) is 5.42. The van der Waals surface area contributed by atoms with E-state index in [0.29, 0.717) is 0 Å². The van der Waals surface area contributed by atoms with Crippen molar-refractivity contribution in [2.75, 3.05) is 0 Å². The first kappa shape index (κ1) is 14.7. The zero-order valence-corrected chi connectivity index (χ0v) is 11.9. The van der Waals surface area contributed by atoms with Gasteiger partial charge >= 0.3 is 58.4 Å². The molecule has 0 saturated heterocycles. The molecule has 1 aromatic rings. The van der Waals surface area contributed by atoms with Crippen LogP contribution in [0.15, 0.2) is 6.20 Å². The summed E-state index contributed by atoms with van der Waals surface area (Å²) >= 11 is 0. The third-order valence-corrected chi connectivity index (χ3v) is 1.83. The minimum atomic E-state index is -4.95. The fourth-order valence-corrected chi connectivity index (χ4v) is 1.28. The Balaban J connectivity index is 0.00000169. The van der Waals surface area contributed by atoms with E-state index in [0.717, 1.165) is 4.68 Å². The summed E-state index contributed by atoms with van der Waals surface area (Å²) in [6.45, 7) is -0.169. The minimum absolute atomic E-state index is 0. The van der Waals surface area contributed by atoms with Gasteiger partial charge in [0.1, 0.15) is 0 Å². The van der Waals surface area contributed by atoms with Gasteiger partial charge in [-0.05, 0) is 31.9 Å². The Morgan fingerprint density at radius 1 is 1.36 bits per heavy atom. The standard InChI is InChI=1S/C7H11BF3N2.K/c1-5(2)13-7(8(9,10)11)6(3)4-12-13;/h4-5H,1-3H3;/q-1;+1. The Bertz CT molecular complexity index is 308. The molecular weight excluding hydrogens is 219 g/mol. The summed E-state index contributed by atoms with van der Waals surface area (Å²) in [7, 11) is 0. The van der Waals surface area contributed by atoms with Crippen LogP contribution >= 0.6 is 0 Å². The van der Waals surface area contributed by atoms with Crippen LogP contribution in [-0.2, 0) is 0 Å². The number of halogens is 3. The number of hydrogen-bond donors (Lipinski definition) is 0. The number of hydrogen-bond acceptors (Lipinski definition) is 1. The Morgan fingerprint density at radius 3 is 2.14 bits per heavy atom. The van der Waals surface area contributed by atoms with Gasteiger partial charge in [-0.3, -0.25) is 4.68 Å². The van der Waals surface area contributed by atoms with Crippen molar-refractivity contribution in [2.24, 2.45) is 0 Å². The third kappa shape index (κ3) is 3.10. The topological polar surface area (TPSA) is 17.8 Å². The van der Waals surface area contributed by atoms with Crippen LogP contribution in [0.5, 0.6) is 0 Å². The summed E-state index contributed by atoms with van der Waals surface area (Å²) < 4.78 is 38.5. The molecule has 0 spiro atoms. The quantitative estimate of drug-likeness (QED) is 0.585. The first-order valence-corrected chi connectivity index (χ1v) is 4.08. The van der Waals surface area contributed by atoms with E-state index in [-0.39, 0.29) is 63.0 Å². The zero-order chi connectivity index (χ0) is 10.2. The summed E-state index contributed by atoms with van der Waals surface area (Å²) in [5.41, 5.74) is -0.392. The molecule has 0 fully saturated rings. The molecule has 0 aliphatic carbocycles. The Hall–Kier alpha value is 0.701. The Morgan fingerprint density at radius 2 is 1.86 bits per heavy atom. The van der Waals surface area contributed by atoms with Crippen molar-refractivity contribution in [1.82, 2.24) is 9.78 Å². The molecule has 0 amide bonds. The molecule has 0 bridgehead atoms. The van der Waals surface area contributed by atoms with Crippen LogP contribution in [0.4, 0.5) is 12.9 Å². The third-order valence-electron chi connectivity index (χ3n) is 1.83. The van der Waals surface area contributed by atoms with Crippen LogP contribution in [0, 0.1) is 6.92 Å². The van der Waals surface area contributed by atoms with Crippen molar-refractivity contribution in [3.8, 4) is 0 Å². The smallest absolute Gasteiger partial charge is 0.444 e. The summed E-state index contributed by atoms with van der Waals surface area (Å²) in [6.07, 6.45) is 1.25. The first-order valence-electron chi connectivity index (χ1n) is 4.08. The van der Waals surface area contributed by atoms with E-state index in [1.807, 2.05) is 0 Å². The monoisotopic (exact) mass is 230 g/mol. The molecule has 0 aliphatic rings. The van der Waals surface area contributed by atoms with Crippen LogP contribution in [-0.4, -0.2) is 16.8 Å². The second-order valence-electron chi connectivity index (χ2n) is 3.33. The SMILES string of the molecule is Cc1cnn(C(C)C)c1[B-](F)(F)F.[K+]. The van der Waals surface area contributed by atoms with E-state index >= 15 is 0 Å². The predicted octanol–water partition coefficient (Wildman–Crippen LogP) is -1.17. The second-order valence-corrected chi connectivity index (χ2v) is 3.33. The van der Waals surface area contributed by atoms with Crippen molar-refractivity contribution in [1.29, 1.82) is 0 Å². The van der Waals surface area contributed by atoms with Gasteiger partial charge in [-0.25, -0.2) is 0 Å². The van der Waals surface area contributed by atoms with Crippen LogP contribution in [0.2, 0.25) is 0 Å². The zero-order valence-electron chi connectivity index (χ0n) is 8.76. The fraction of sp³-hybridized carbons (Fsp3) is 0.571. The van der Waals surface area contributed by atoms with Crippen LogP contribution in [0.25, 0.3) is 0 Å². The van der Waals surface area contributed by atoms with Crippen molar-refractivity contribution in [3.05, 3.63) is 11.8 Å². The van der Waals surface area contributed by atoms with E-state index < -0.39 is 12.6 Å². The average molecular weight is 230 g/mol.